The lowest BCUT2D eigenvalue weighted by Gasteiger charge is -2.45. The molecule has 0 saturated carbocycles. The lowest BCUT2D eigenvalue weighted by molar-refractivity contribution is 0.112. The normalized spacial score (nSPS) is 32.0. The molecule has 0 unspecified atom stereocenters. The van der Waals surface area contributed by atoms with Crippen LogP contribution in [0.25, 0.3) is 0 Å². The molecule has 0 aromatic carbocycles. The average molecular weight is 127 g/mol. The second-order valence-electron chi connectivity index (χ2n) is 3.13. The van der Waals surface area contributed by atoms with Crippen LogP contribution in [0.4, 0.5) is 0 Å². The Hall–Kier alpha value is -0.120. The van der Waals surface area contributed by atoms with E-state index >= 15 is 0 Å². The van der Waals surface area contributed by atoms with Gasteiger partial charge in [0.05, 0.1) is 0 Å². The molecule has 0 bridgehead atoms. The Bertz CT molecular complexity index is 101. The molecule has 2 rings (SSSR count). The highest BCUT2D eigenvalue weighted by Gasteiger charge is 2.37. The van der Waals surface area contributed by atoms with Crippen molar-refractivity contribution in [2.45, 2.75) is 6.42 Å². The largest absolute Gasteiger partial charge is 0.315 e. The average Bonchev–Trinajstić information content (AvgIpc) is 1.87. The van der Waals surface area contributed by atoms with Gasteiger partial charge < -0.3 is 5.32 Å². The van der Waals surface area contributed by atoms with Crippen molar-refractivity contribution in [3.05, 3.63) is 0 Å². The summed E-state index contributed by atoms with van der Waals surface area (Å²) >= 11 is 0. The van der Waals surface area contributed by atoms with Crippen molar-refractivity contribution in [2.75, 3.05) is 26.2 Å². The monoisotopic (exact) mass is 127 g/mol. The third-order valence-electron chi connectivity index (χ3n) is 2.37. The quantitative estimate of drug-likeness (QED) is 0.393. The summed E-state index contributed by atoms with van der Waals surface area (Å²) in [6.45, 7) is 4.69. The molecule has 2 saturated heterocycles. The van der Waals surface area contributed by atoms with Gasteiger partial charge in [-0.15, -0.1) is 0 Å². The van der Waals surface area contributed by atoms with Crippen molar-refractivity contribution in [1.29, 1.82) is 0 Å². The van der Waals surface area contributed by atoms with E-state index in [1.165, 1.54) is 19.5 Å². The number of rotatable bonds is 0. The topological polar surface area (TPSA) is 36.1 Å². The van der Waals surface area contributed by atoms with E-state index in [-0.39, 0.29) is 0 Å². The van der Waals surface area contributed by atoms with E-state index in [0.29, 0.717) is 5.41 Å². The fraction of sp³-hybridized carbons (Fsp3) is 1.00. The van der Waals surface area contributed by atoms with Gasteiger partial charge in [0.25, 0.3) is 0 Å². The van der Waals surface area contributed by atoms with Crippen molar-refractivity contribution in [3.8, 4) is 0 Å². The Morgan fingerprint density at radius 2 is 1.89 bits per heavy atom. The molecule has 3 N–H and O–H groups in total. The Morgan fingerprint density at radius 3 is 2.22 bits per heavy atom. The van der Waals surface area contributed by atoms with Gasteiger partial charge in [-0.05, 0) is 6.42 Å². The summed E-state index contributed by atoms with van der Waals surface area (Å²) in [5.41, 5.74) is 6.93. The van der Waals surface area contributed by atoms with E-state index in [1.807, 2.05) is 0 Å². The summed E-state index contributed by atoms with van der Waals surface area (Å²) in [6, 6.07) is 0. The Balaban J connectivity index is 1.93. The van der Waals surface area contributed by atoms with Gasteiger partial charge in [-0.3, -0.25) is 10.9 Å². The molecule has 0 amide bonds. The fourth-order valence-corrected chi connectivity index (χ4v) is 1.53. The maximum absolute atomic E-state index is 3.30. The van der Waals surface area contributed by atoms with Crippen LogP contribution in [0.3, 0.4) is 0 Å². The van der Waals surface area contributed by atoms with Gasteiger partial charge in [-0.2, -0.15) is 0 Å². The predicted octanol–water partition coefficient (Wildman–Crippen LogP) is -0.926. The molecule has 2 heterocycles. The lowest BCUT2D eigenvalue weighted by Crippen LogP contribution is -2.63. The first-order valence-electron chi connectivity index (χ1n) is 3.58. The van der Waals surface area contributed by atoms with Crippen LogP contribution in [0.5, 0.6) is 0 Å². The van der Waals surface area contributed by atoms with Crippen molar-refractivity contribution in [3.63, 3.8) is 0 Å². The van der Waals surface area contributed by atoms with Crippen LogP contribution >= 0.6 is 0 Å². The Morgan fingerprint density at radius 1 is 1.00 bits per heavy atom. The minimum absolute atomic E-state index is 0.616. The second-order valence-corrected chi connectivity index (χ2v) is 3.13. The van der Waals surface area contributed by atoms with Gasteiger partial charge in [0.2, 0.25) is 0 Å². The smallest absolute Gasteiger partial charge is 0.0181 e. The van der Waals surface area contributed by atoms with E-state index in [1.54, 1.807) is 0 Å². The molecule has 1 spiro atoms. The first-order valence-corrected chi connectivity index (χ1v) is 3.58. The maximum atomic E-state index is 3.30. The lowest BCUT2D eigenvalue weighted by atomic mass is 9.78. The van der Waals surface area contributed by atoms with E-state index in [4.69, 9.17) is 0 Å². The molecule has 52 valence electrons. The molecule has 9 heavy (non-hydrogen) atoms. The molecule has 0 aliphatic carbocycles. The van der Waals surface area contributed by atoms with Gasteiger partial charge in [-0.25, -0.2) is 0 Å². The summed E-state index contributed by atoms with van der Waals surface area (Å²) < 4.78 is 0. The van der Waals surface area contributed by atoms with Crippen LogP contribution in [0, 0.1) is 5.41 Å². The molecule has 0 aromatic rings. The van der Waals surface area contributed by atoms with Crippen molar-refractivity contribution < 1.29 is 0 Å². The van der Waals surface area contributed by atoms with Crippen molar-refractivity contribution in [1.82, 2.24) is 16.2 Å². The maximum Gasteiger partial charge on any atom is 0.0181 e. The van der Waals surface area contributed by atoms with Crippen LogP contribution in [0.15, 0.2) is 0 Å². The zero-order valence-corrected chi connectivity index (χ0v) is 5.54. The standard InChI is InChI=1S/C6H13N3/c1-2-8-9-5-6(1)3-7-4-6/h7-9H,1-5H2. The van der Waals surface area contributed by atoms with Crippen LogP contribution in [-0.4, -0.2) is 26.2 Å². The summed E-state index contributed by atoms with van der Waals surface area (Å²) in [7, 11) is 0. The first-order chi connectivity index (χ1) is 4.41. The molecule has 3 nitrogen and oxygen atoms in total. The summed E-state index contributed by atoms with van der Waals surface area (Å²) in [5, 5.41) is 3.30. The van der Waals surface area contributed by atoms with Crippen molar-refractivity contribution >= 4 is 0 Å². The zero-order valence-electron chi connectivity index (χ0n) is 5.54. The first kappa shape index (κ1) is 5.65. The van der Waals surface area contributed by atoms with Gasteiger partial charge in [-0.1, -0.05) is 0 Å². The molecular formula is C6H13N3. The third-order valence-corrected chi connectivity index (χ3v) is 2.37. The highest BCUT2D eigenvalue weighted by molar-refractivity contribution is 4.95. The third kappa shape index (κ3) is 0.852. The van der Waals surface area contributed by atoms with Gasteiger partial charge in [0.1, 0.15) is 0 Å². The molecule has 3 heteroatoms. The van der Waals surface area contributed by atoms with Crippen LogP contribution in [-0.2, 0) is 0 Å². The molecule has 2 fully saturated rings. The molecule has 2 aliphatic rings. The predicted molar refractivity (Wildman–Crippen MR) is 35.9 cm³/mol. The van der Waals surface area contributed by atoms with E-state index < -0.39 is 0 Å². The van der Waals surface area contributed by atoms with Crippen molar-refractivity contribution in [2.24, 2.45) is 5.41 Å². The zero-order chi connectivity index (χ0) is 6.16. The summed E-state index contributed by atoms with van der Waals surface area (Å²) in [6.07, 6.45) is 1.33. The molecular weight excluding hydrogens is 114 g/mol. The number of hydrogen-bond donors (Lipinski definition) is 3. The van der Waals surface area contributed by atoms with E-state index in [0.717, 1.165) is 13.1 Å². The van der Waals surface area contributed by atoms with Gasteiger partial charge >= 0.3 is 0 Å². The number of hydrazine groups is 1. The van der Waals surface area contributed by atoms with Gasteiger partial charge in [0.15, 0.2) is 0 Å². The number of nitrogens with one attached hydrogen (secondary N) is 3. The molecule has 2 aliphatic heterocycles. The molecule has 0 aromatic heterocycles. The Kier molecular flexibility index (Phi) is 1.22. The minimum atomic E-state index is 0.616. The van der Waals surface area contributed by atoms with Crippen LogP contribution in [0.1, 0.15) is 6.42 Å². The summed E-state index contributed by atoms with van der Waals surface area (Å²) in [4.78, 5) is 0. The highest BCUT2D eigenvalue weighted by Crippen LogP contribution is 2.26. The SMILES string of the molecule is C1CC2(CNC2)CNN1. The number of hydrogen-bond acceptors (Lipinski definition) is 3. The van der Waals surface area contributed by atoms with Crippen LogP contribution < -0.4 is 16.2 Å². The minimum Gasteiger partial charge on any atom is -0.315 e. The summed E-state index contributed by atoms with van der Waals surface area (Å²) in [5.74, 6) is 0. The highest BCUT2D eigenvalue weighted by atomic mass is 15.4. The Labute approximate surface area is 55.2 Å². The van der Waals surface area contributed by atoms with Crippen LogP contribution in [0.2, 0.25) is 0 Å². The molecule has 0 atom stereocenters. The van der Waals surface area contributed by atoms with E-state index in [9.17, 15) is 0 Å². The van der Waals surface area contributed by atoms with Gasteiger partial charge in [0, 0.05) is 31.6 Å². The second kappa shape index (κ2) is 1.94. The fourth-order valence-electron chi connectivity index (χ4n) is 1.53. The van der Waals surface area contributed by atoms with E-state index in [2.05, 4.69) is 16.2 Å². The molecule has 0 radical (unpaired) electrons.